The number of anilines is 1. The summed E-state index contributed by atoms with van der Waals surface area (Å²) in [6.07, 6.45) is 5.58. The summed E-state index contributed by atoms with van der Waals surface area (Å²) in [5, 5.41) is 3.01. The van der Waals surface area contributed by atoms with Crippen molar-refractivity contribution in [2.45, 2.75) is 19.3 Å². The number of aromatic nitrogens is 2. The quantitative estimate of drug-likeness (QED) is 0.733. The number of nitrogens with zero attached hydrogens (tertiary/aromatic N) is 2. The van der Waals surface area contributed by atoms with E-state index in [4.69, 9.17) is 0 Å². The summed E-state index contributed by atoms with van der Waals surface area (Å²) in [6.45, 7) is 0. The summed E-state index contributed by atoms with van der Waals surface area (Å²) in [4.78, 5) is 8.57. The highest BCUT2D eigenvalue weighted by Crippen LogP contribution is 2.31. The topological polar surface area (TPSA) is 37.8 Å². The summed E-state index contributed by atoms with van der Waals surface area (Å²) >= 11 is 0. The van der Waals surface area contributed by atoms with Crippen LogP contribution in [0.3, 0.4) is 0 Å². The van der Waals surface area contributed by atoms with Crippen molar-refractivity contribution in [3.05, 3.63) is 18.1 Å². The van der Waals surface area contributed by atoms with Crippen LogP contribution in [0.1, 0.15) is 18.7 Å². The van der Waals surface area contributed by atoms with Crippen molar-refractivity contribution in [3.8, 4) is 0 Å². The average Bonchev–Trinajstić information content (AvgIpc) is 2.89. The van der Waals surface area contributed by atoms with Crippen LogP contribution < -0.4 is 5.32 Å². The average molecular weight is 163 g/mol. The molecule has 1 N–H and O–H groups in total. The molecular weight excluding hydrogens is 150 g/mol. The highest BCUT2D eigenvalue weighted by atomic mass is 15.0. The Labute approximate surface area is 72.2 Å². The molecule has 1 aliphatic carbocycles. The predicted octanol–water partition coefficient (Wildman–Crippen LogP) is 1.47. The van der Waals surface area contributed by atoms with Crippen molar-refractivity contribution in [2.75, 3.05) is 12.4 Å². The van der Waals surface area contributed by atoms with Crippen LogP contribution in [0.5, 0.6) is 0 Å². The van der Waals surface area contributed by atoms with Crippen molar-refractivity contribution in [1.29, 1.82) is 0 Å². The van der Waals surface area contributed by atoms with Crippen LogP contribution >= 0.6 is 0 Å². The Morgan fingerprint density at radius 2 is 2.42 bits per heavy atom. The molecule has 3 heteroatoms. The number of nitrogens with one attached hydrogen (secondary N) is 1. The second kappa shape index (κ2) is 3.09. The van der Waals surface area contributed by atoms with Gasteiger partial charge in [-0.05, 0) is 24.8 Å². The normalized spacial score (nSPS) is 16.1. The summed E-state index contributed by atoms with van der Waals surface area (Å²) in [5.41, 5.74) is 0. The summed E-state index contributed by atoms with van der Waals surface area (Å²) in [6, 6.07) is 1.89. The highest BCUT2D eigenvalue weighted by molar-refractivity contribution is 5.31. The zero-order chi connectivity index (χ0) is 8.39. The molecule has 1 aromatic heterocycles. The Morgan fingerprint density at radius 1 is 1.58 bits per heavy atom. The lowest BCUT2D eigenvalue weighted by molar-refractivity contribution is 0.770. The predicted molar refractivity (Wildman–Crippen MR) is 48.0 cm³/mol. The van der Waals surface area contributed by atoms with E-state index in [1.54, 1.807) is 0 Å². The molecule has 3 nitrogen and oxygen atoms in total. The molecule has 0 bridgehead atoms. The van der Waals surface area contributed by atoms with Crippen molar-refractivity contribution >= 4 is 5.82 Å². The van der Waals surface area contributed by atoms with Gasteiger partial charge in [0.25, 0.3) is 0 Å². The van der Waals surface area contributed by atoms with Crippen molar-refractivity contribution in [2.24, 2.45) is 5.92 Å². The molecule has 0 aliphatic heterocycles. The van der Waals surface area contributed by atoms with Crippen LogP contribution in [0, 0.1) is 5.92 Å². The minimum atomic E-state index is 0.858. The van der Waals surface area contributed by atoms with E-state index in [1.165, 1.54) is 12.8 Å². The van der Waals surface area contributed by atoms with Gasteiger partial charge >= 0.3 is 0 Å². The maximum Gasteiger partial charge on any atom is 0.130 e. The summed E-state index contributed by atoms with van der Waals surface area (Å²) in [7, 11) is 1.88. The second-order valence-corrected chi connectivity index (χ2v) is 3.26. The van der Waals surface area contributed by atoms with E-state index in [0.29, 0.717) is 0 Å². The smallest absolute Gasteiger partial charge is 0.130 e. The second-order valence-electron chi connectivity index (χ2n) is 3.26. The van der Waals surface area contributed by atoms with E-state index in [0.717, 1.165) is 24.0 Å². The van der Waals surface area contributed by atoms with E-state index < -0.39 is 0 Å². The van der Waals surface area contributed by atoms with Gasteiger partial charge in [-0.3, -0.25) is 0 Å². The third-order valence-corrected chi connectivity index (χ3v) is 2.13. The van der Waals surface area contributed by atoms with Crippen LogP contribution in [0.4, 0.5) is 5.82 Å². The Morgan fingerprint density at radius 3 is 3.08 bits per heavy atom. The van der Waals surface area contributed by atoms with E-state index in [-0.39, 0.29) is 0 Å². The lowest BCUT2D eigenvalue weighted by Crippen LogP contribution is -1.99. The van der Waals surface area contributed by atoms with Gasteiger partial charge in [-0.25, -0.2) is 9.97 Å². The first-order chi connectivity index (χ1) is 5.88. The van der Waals surface area contributed by atoms with Crippen LogP contribution in [0.25, 0.3) is 0 Å². The van der Waals surface area contributed by atoms with Crippen LogP contribution in [0.15, 0.2) is 12.3 Å². The lowest BCUT2D eigenvalue weighted by Gasteiger charge is -2.00. The molecule has 1 fully saturated rings. The monoisotopic (exact) mass is 163 g/mol. The molecule has 12 heavy (non-hydrogen) atoms. The van der Waals surface area contributed by atoms with Gasteiger partial charge in [0.15, 0.2) is 0 Å². The molecule has 0 aromatic carbocycles. The molecule has 2 rings (SSSR count). The minimum Gasteiger partial charge on any atom is -0.373 e. The van der Waals surface area contributed by atoms with Gasteiger partial charge in [0.1, 0.15) is 11.6 Å². The Bertz CT molecular complexity index is 268. The molecule has 1 heterocycles. The largest absolute Gasteiger partial charge is 0.373 e. The van der Waals surface area contributed by atoms with Crippen LogP contribution in [-0.4, -0.2) is 17.0 Å². The van der Waals surface area contributed by atoms with Crippen LogP contribution in [-0.2, 0) is 6.42 Å². The highest BCUT2D eigenvalue weighted by Gasteiger charge is 2.22. The fourth-order valence-corrected chi connectivity index (χ4v) is 1.22. The molecular formula is C9H13N3. The first-order valence-electron chi connectivity index (χ1n) is 4.38. The molecule has 1 aromatic rings. The van der Waals surface area contributed by atoms with E-state index in [9.17, 15) is 0 Å². The fraction of sp³-hybridized carbons (Fsp3) is 0.556. The third kappa shape index (κ3) is 1.72. The zero-order valence-electron chi connectivity index (χ0n) is 7.25. The maximum atomic E-state index is 4.35. The number of hydrogen-bond acceptors (Lipinski definition) is 3. The van der Waals surface area contributed by atoms with Gasteiger partial charge in [0.05, 0.1) is 0 Å². The molecule has 0 saturated heterocycles. The summed E-state index contributed by atoms with van der Waals surface area (Å²) < 4.78 is 0. The van der Waals surface area contributed by atoms with E-state index >= 15 is 0 Å². The van der Waals surface area contributed by atoms with Crippen molar-refractivity contribution in [3.63, 3.8) is 0 Å². The fourth-order valence-electron chi connectivity index (χ4n) is 1.22. The van der Waals surface area contributed by atoms with Gasteiger partial charge in [0.2, 0.25) is 0 Å². The molecule has 0 atom stereocenters. The zero-order valence-corrected chi connectivity index (χ0v) is 7.25. The van der Waals surface area contributed by atoms with Crippen molar-refractivity contribution in [1.82, 2.24) is 9.97 Å². The molecule has 1 saturated carbocycles. The summed E-state index contributed by atoms with van der Waals surface area (Å²) in [5.74, 6) is 2.75. The standard InChI is InChI=1S/C9H13N3/c1-10-8-4-5-11-9(12-8)6-7-2-3-7/h4-5,7H,2-3,6H2,1H3,(H,10,11,12). The third-order valence-electron chi connectivity index (χ3n) is 2.13. The van der Waals surface area contributed by atoms with Gasteiger partial charge < -0.3 is 5.32 Å². The Hall–Kier alpha value is -1.12. The SMILES string of the molecule is CNc1ccnc(CC2CC2)n1. The molecule has 0 amide bonds. The molecule has 0 unspecified atom stereocenters. The Kier molecular flexibility index (Phi) is 1.94. The molecule has 0 radical (unpaired) electrons. The molecule has 0 spiro atoms. The lowest BCUT2D eigenvalue weighted by atomic mass is 10.3. The van der Waals surface area contributed by atoms with Crippen molar-refractivity contribution < 1.29 is 0 Å². The first-order valence-corrected chi connectivity index (χ1v) is 4.38. The molecule has 64 valence electrons. The Balaban J connectivity index is 2.08. The van der Waals surface area contributed by atoms with Gasteiger partial charge in [-0.1, -0.05) is 0 Å². The number of rotatable bonds is 3. The maximum absolute atomic E-state index is 4.35. The van der Waals surface area contributed by atoms with Gasteiger partial charge in [-0.15, -0.1) is 0 Å². The van der Waals surface area contributed by atoms with E-state index in [1.807, 2.05) is 19.3 Å². The van der Waals surface area contributed by atoms with Crippen LogP contribution in [0.2, 0.25) is 0 Å². The minimum absolute atomic E-state index is 0.858. The van der Waals surface area contributed by atoms with Gasteiger partial charge in [-0.2, -0.15) is 0 Å². The number of hydrogen-bond donors (Lipinski definition) is 1. The van der Waals surface area contributed by atoms with E-state index in [2.05, 4.69) is 15.3 Å². The molecule has 1 aliphatic rings. The van der Waals surface area contributed by atoms with Gasteiger partial charge in [0, 0.05) is 19.7 Å². The first kappa shape index (κ1) is 7.53.